The number of benzene rings is 2. The highest BCUT2D eigenvalue weighted by molar-refractivity contribution is 6.38. The molecule has 8 nitrogen and oxygen atoms in total. The third-order valence-corrected chi connectivity index (χ3v) is 5.99. The van der Waals surface area contributed by atoms with Crippen molar-refractivity contribution in [2.45, 2.75) is 20.0 Å². The van der Waals surface area contributed by atoms with E-state index in [-0.39, 0.29) is 45.2 Å². The Balaban J connectivity index is 2.20. The van der Waals surface area contributed by atoms with E-state index in [1.807, 2.05) is 0 Å². The van der Waals surface area contributed by atoms with Crippen molar-refractivity contribution in [2.24, 2.45) is 0 Å². The summed E-state index contributed by atoms with van der Waals surface area (Å²) in [6.07, 6.45) is 1.98. The summed E-state index contributed by atoms with van der Waals surface area (Å²) in [6, 6.07) is 2.24. The fraction of sp³-hybridized carbons (Fsp3) is 0.273. The van der Waals surface area contributed by atoms with Crippen LogP contribution in [-0.4, -0.2) is 35.3 Å². The number of nitrogens with two attached hydrogens (primary N) is 2. The summed E-state index contributed by atoms with van der Waals surface area (Å²) in [7, 11) is 0. The minimum absolute atomic E-state index is 0.00350. The van der Waals surface area contributed by atoms with Crippen LogP contribution in [0.5, 0.6) is 0 Å². The lowest BCUT2D eigenvalue weighted by atomic mass is 10.0. The fourth-order valence-electron chi connectivity index (χ4n) is 3.86. The van der Waals surface area contributed by atoms with Gasteiger partial charge >= 0.3 is 5.97 Å². The van der Waals surface area contributed by atoms with Crippen LogP contribution in [0.15, 0.2) is 23.1 Å². The van der Waals surface area contributed by atoms with Crippen LogP contribution in [0.4, 0.5) is 25.8 Å². The third-order valence-electron chi connectivity index (χ3n) is 5.63. The second-order valence-corrected chi connectivity index (χ2v) is 7.96. The second kappa shape index (κ2) is 8.53. The lowest BCUT2D eigenvalue weighted by Crippen LogP contribution is -2.38. The average molecular weight is 479 g/mol. The topological polar surface area (TPSA) is 124 Å². The highest BCUT2D eigenvalue weighted by atomic mass is 35.5. The number of ether oxygens (including phenoxy) is 1. The van der Waals surface area contributed by atoms with Gasteiger partial charge < -0.3 is 30.8 Å². The van der Waals surface area contributed by atoms with Crippen molar-refractivity contribution in [3.63, 3.8) is 0 Å². The molecule has 0 aliphatic carbocycles. The Morgan fingerprint density at radius 1 is 1.27 bits per heavy atom. The first-order valence-corrected chi connectivity index (χ1v) is 10.6. The smallest absolute Gasteiger partial charge is 0.343 e. The van der Waals surface area contributed by atoms with Gasteiger partial charge in [-0.05, 0) is 25.5 Å². The van der Waals surface area contributed by atoms with Gasteiger partial charge in [0, 0.05) is 24.8 Å². The van der Waals surface area contributed by atoms with Crippen molar-refractivity contribution < 1.29 is 23.4 Å². The Morgan fingerprint density at radius 2 is 1.97 bits per heavy atom. The van der Waals surface area contributed by atoms with E-state index in [9.17, 15) is 19.1 Å². The van der Waals surface area contributed by atoms with Gasteiger partial charge in [-0.2, -0.15) is 0 Å². The number of fused-ring (bicyclic) bond motifs is 1. The molecule has 174 valence electrons. The molecular weight excluding hydrogens is 458 g/mol. The summed E-state index contributed by atoms with van der Waals surface area (Å²) in [6.45, 7) is 2.03. The predicted molar refractivity (Wildman–Crippen MR) is 122 cm³/mol. The van der Waals surface area contributed by atoms with Gasteiger partial charge in [0.25, 0.3) is 0 Å². The van der Waals surface area contributed by atoms with Gasteiger partial charge in [0.2, 0.25) is 5.43 Å². The molecule has 1 fully saturated rings. The first kappa shape index (κ1) is 22.8. The number of hydrogen-bond acceptors (Lipinski definition) is 7. The molecule has 2 heterocycles. The van der Waals surface area contributed by atoms with Gasteiger partial charge in [-0.25, -0.2) is 13.6 Å². The quantitative estimate of drug-likeness (QED) is 0.380. The number of nitrogens with zero attached hydrogens (tertiary/aromatic N) is 2. The summed E-state index contributed by atoms with van der Waals surface area (Å²) >= 11 is 6.63. The van der Waals surface area contributed by atoms with E-state index in [0.717, 1.165) is 18.7 Å². The van der Waals surface area contributed by atoms with Crippen molar-refractivity contribution in [3.05, 3.63) is 56.3 Å². The number of aliphatic hydroxyl groups is 1. The van der Waals surface area contributed by atoms with Gasteiger partial charge in [-0.15, -0.1) is 0 Å². The van der Waals surface area contributed by atoms with E-state index in [2.05, 4.69) is 0 Å². The molecule has 0 saturated carbocycles. The van der Waals surface area contributed by atoms with Gasteiger partial charge in [0.15, 0.2) is 5.82 Å². The van der Waals surface area contributed by atoms with Crippen molar-refractivity contribution in [1.29, 1.82) is 0 Å². The Bertz CT molecular complexity index is 1360. The third kappa shape index (κ3) is 3.55. The number of carbonyl (C=O) groups excluding carboxylic acids is 1. The number of aliphatic hydroxyl groups excluding tert-OH is 1. The Labute approximate surface area is 191 Å². The number of hydrogen-bond donors (Lipinski definition) is 3. The van der Waals surface area contributed by atoms with Crippen LogP contribution < -0.4 is 21.8 Å². The van der Waals surface area contributed by atoms with Crippen molar-refractivity contribution >= 4 is 45.5 Å². The maximum absolute atomic E-state index is 15.3. The summed E-state index contributed by atoms with van der Waals surface area (Å²) in [5.74, 6) is -2.60. The maximum atomic E-state index is 15.3. The minimum atomic E-state index is -0.957. The molecule has 4 rings (SSSR count). The summed E-state index contributed by atoms with van der Waals surface area (Å²) in [5.41, 5.74) is 10.0. The van der Waals surface area contributed by atoms with Crippen LogP contribution in [-0.2, 0) is 11.3 Å². The first-order chi connectivity index (χ1) is 15.7. The number of pyridine rings is 1. The molecule has 0 amide bonds. The van der Waals surface area contributed by atoms with Crippen LogP contribution in [0.25, 0.3) is 16.6 Å². The lowest BCUT2D eigenvalue weighted by Gasteiger charge is -2.35. The number of anilines is 3. The van der Waals surface area contributed by atoms with Crippen LogP contribution in [0, 0.1) is 11.6 Å². The number of aromatic nitrogens is 1. The molecule has 1 aliphatic rings. The Hall–Kier alpha value is -3.37. The zero-order valence-corrected chi connectivity index (χ0v) is 18.4. The van der Waals surface area contributed by atoms with Crippen molar-refractivity contribution in [2.75, 3.05) is 36.1 Å². The highest BCUT2D eigenvalue weighted by Gasteiger charge is 2.30. The molecule has 0 spiro atoms. The lowest BCUT2D eigenvalue weighted by molar-refractivity contribution is 0.0524. The van der Waals surface area contributed by atoms with Crippen molar-refractivity contribution in [1.82, 2.24) is 4.57 Å². The molecule has 2 aromatic carbocycles. The number of carbonyl (C=O) groups is 1. The minimum Gasteiger partial charge on any atom is -0.462 e. The predicted octanol–water partition coefficient (Wildman–Crippen LogP) is 2.97. The summed E-state index contributed by atoms with van der Waals surface area (Å²) in [5, 5.41) is 9.39. The molecule has 1 aromatic heterocycles. The van der Waals surface area contributed by atoms with E-state index >= 15 is 4.39 Å². The normalized spacial score (nSPS) is 13.3. The monoisotopic (exact) mass is 478 g/mol. The molecule has 1 aliphatic heterocycles. The van der Waals surface area contributed by atoms with Gasteiger partial charge in [-0.1, -0.05) is 11.6 Å². The maximum Gasteiger partial charge on any atom is 0.343 e. The zero-order valence-electron chi connectivity index (χ0n) is 17.6. The zero-order chi connectivity index (χ0) is 24.0. The molecule has 11 heteroatoms. The van der Waals surface area contributed by atoms with Crippen LogP contribution in [0.1, 0.15) is 29.3 Å². The van der Waals surface area contributed by atoms with Gasteiger partial charge in [-0.3, -0.25) is 4.79 Å². The van der Waals surface area contributed by atoms with E-state index in [4.69, 9.17) is 27.8 Å². The Morgan fingerprint density at radius 3 is 2.55 bits per heavy atom. The largest absolute Gasteiger partial charge is 0.462 e. The van der Waals surface area contributed by atoms with Crippen molar-refractivity contribution in [3.8, 4) is 5.69 Å². The summed E-state index contributed by atoms with van der Waals surface area (Å²) < 4.78 is 35.7. The van der Waals surface area contributed by atoms with Gasteiger partial charge in [0.1, 0.15) is 11.4 Å². The van der Waals surface area contributed by atoms with Gasteiger partial charge in [0.05, 0.1) is 51.9 Å². The van der Waals surface area contributed by atoms with E-state index in [1.54, 1.807) is 11.8 Å². The first-order valence-electron chi connectivity index (χ1n) is 10.2. The molecule has 0 unspecified atom stereocenters. The standard InChI is InChI=1S/C22H21ClF2N4O4/c1-2-33-22(32)11-8-29(14-7-13(26)12(24)6-10(14)9-30)19-15(21(11)31)18(27)17(25)20(16(19)23)28-4-3-5-28/h6-8,30H,2-5,9,26-27H2,1H3. The number of rotatable bonds is 5. The van der Waals surface area contributed by atoms with Crippen LogP contribution >= 0.6 is 11.6 Å². The van der Waals surface area contributed by atoms with Crippen LogP contribution in [0.2, 0.25) is 5.02 Å². The SMILES string of the molecule is CCOC(=O)c1cn(-c2cc(N)c(F)cc2CO)c2c(Cl)c(N3CCC3)c(F)c(N)c2c1=O. The number of halogens is 3. The number of nitrogen functional groups attached to an aromatic ring is 2. The fourth-order valence-corrected chi connectivity index (χ4v) is 4.25. The molecule has 0 atom stereocenters. The molecule has 5 N–H and O–H groups in total. The molecule has 3 aromatic rings. The van der Waals surface area contributed by atoms with E-state index in [0.29, 0.717) is 13.1 Å². The molecule has 33 heavy (non-hydrogen) atoms. The average Bonchev–Trinajstić information content (AvgIpc) is 2.75. The van der Waals surface area contributed by atoms with Crippen LogP contribution in [0.3, 0.4) is 0 Å². The van der Waals surface area contributed by atoms with E-state index in [1.165, 1.54) is 10.6 Å². The molecule has 0 radical (unpaired) electrons. The second-order valence-electron chi connectivity index (χ2n) is 7.58. The Kier molecular flexibility index (Phi) is 5.89. The molecule has 0 bridgehead atoms. The summed E-state index contributed by atoms with van der Waals surface area (Å²) in [4.78, 5) is 27.4. The molecule has 1 saturated heterocycles. The number of esters is 1. The highest BCUT2D eigenvalue weighted by Crippen LogP contribution is 2.42. The molecular formula is C22H21ClF2N4O4. The van der Waals surface area contributed by atoms with E-state index < -0.39 is 40.9 Å².